The summed E-state index contributed by atoms with van der Waals surface area (Å²) in [6.45, 7) is 9.11. The van der Waals surface area contributed by atoms with Crippen molar-refractivity contribution in [1.82, 2.24) is 14.8 Å². The molecule has 18 heavy (non-hydrogen) atoms. The molecule has 1 aliphatic rings. The number of hydrogen-bond acceptors (Lipinski definition) is 3. The van der Waals surface area contributed by atoms with Crippen LogP contribution in [0.5, 0.6) is 0 Å². The molecule has 1 aromatic heterocycles. The summed E-state index contributed by atoms with van der Waals surface area (Å²) < 4.78 is 7.97. The number of aromatic nitrogens is 1. The fourth-order valence-electron chi connectivity index (χ4n) is 2.47. The lowest BCUT2D eigenvalue weighted by molar-refractivity contribution is -0.0182. The van der Waals surface area contributed by atoms with Gasteiger partial charge in [0.15, 0.2) is 0 Å². The summed E-state index contributed by atoms with van der Waals surface area (Å²) in [5.74, 6) is 0. The van der Waals surface area contributed by atoms with E-state index in [0.29, 0.717) is 6.10 Å². The van der Waals surface area contributed by atoms with E-state index >= 15 is 0 Å². The van der Waals surface area contributed by atoms with E-state index in [9.17, 15) is 0 Å². The van der Waals surface area contributed by atoms with Gasteiger partial charge in [-0.05, 0) is 32.5 Å². The van der Waals surface area contributed by atoms with Gasteiger partial charge < -0.3 is 19.5 Å². The van der Waals surface area contributed by atoms with Gasteiger partial charge in [0.05, 0.1) is 12.7 Å². The van der Waals surface area contributed by atoms with Crippen LogP contribution in [0.4, 0.5) is 0 Å². The minimum Gasteiger partial charge on any atom is -0.374 e. The van der Waals surface area contributed by atoms with Crippen molar-refractivity contribution in [3.05, 3.63) is 23.0 Å². The van der Waals surface area contributed by atoms with E-state index in [-0.39, 0.29) is 0 Å². The van der Waals surface area contributed by atoms with Crippen LogP contribution in [-0.4, -0.2) is 48.9 Å². The highest BCUT2D eigenvalue weighted by Gasteiger charge is 2.17. The van der Waals surface area contributed by atoms with Crippen molar-refractivity contribution >= 4 is 0 Å². The first kappa shape index (κ1) is 13.6. The third-order valence-corrected chi connectivity index (χ3v) is 3.91. The minimum atomic E-state index is 0.328. The molecule has 2 rings (SSSR count). The molecule has 1 aliphatic heterocycles. The van der Waals surface area contributed by atoms with E-state index < -0.39 is 0 Å². The zero-order chi connectivity index (χ0) is 13.1. The van der Waals surface area contributed by atoms with Gasteiger partial charge in [-0.2, -0.15) is 0 Å². The van der Waals surface area contributed by atoms with E-state index in [4.69, 9.17) is 4.74 Å². The molecule has 0 amide bonds. The summed E-state index contributed by atoms with van der Waals surface area (Å²) in [5, 5.41) is 3.51. The molecule has 1 fully saturated rings. The van der Waals surface area contributed by atoms with Gasteiger partial charge in [0, 0.05) is 44.6 Å². The smallest absolute Gasteiger partial charge is 0.0826 e. The zero-order valence-corrected chi connectivity index (χ0v) is 12.0. The number of likely N-dealkylation sites (N-methyl/N-ethyl adjacent to an activating group) is 1. The second kappa shape index (κ2) is 5.87. The second-order valence-corrected chi connectivity index (χ2v) is 5.34. The molecule has 4 nitrogen and oxygen atoms in total. The molecule has 0 spiro atoms. The molecule has 0 radical (unpaired) electrons. The Labute approximate surface area is 110 Å². The number of morpholine rings is 1. The van der Waals surface area contributed by atoms with Crippen LogP contribution in [0.2, 0.25) is 0 Å². The van der Waals surface area contributed by atoms with Crippen LogP contribution >= 0.6 is 0 Å². The molecule has 0 bridgehead atoms. The molecule has 0 saturated carbocycles. The van der Waals surface area contributed by atoms with Gasteiger partial charge in [0.1, 0.15) is 0 Å². The number of rotatable bonds is 4. The van der Waals surface area contributed by atoms with Crippen LogP contribution in [0.3, 0.4) is 0 Å². The van der Waals surface area contributed by atoms with Gasteiger partial charge in [-0.1, -0.05) is 0 Å². The average molecular weight is 251 g/mol. The highest BCUT2D eigenvalue weighted by atomic mass is 16.5. The maximum absolute atomic E-state index is 5.74. The molecule has 1 saturated heterocycles. The molecule has 2 heterocycles. The summed E-state index contributed by atoms with van der Waals surface area (Å²) >= 11 is 0. The molecule has 1 atom stereocenters. The van der Waals surface area contributed by atoms with Crippen LogP contribution in [0, 0.1) is 13.8 Å². The molecule has 1 N–H and O–H groups in total. The highest BCUT2D eigenvalue weighted by Crippen LogP contribution is 2.12. The Balaban J connectivity index is 1.79. The Morgan fingerprint density at radius 3 is 2.78 bits per heavy atom. The SMILES string of the molecule is Cc1cc(CNCC2CN(C)CCO2)c(C)n1C. The van der Waals surface area contributed by atoms with Gasteiger partial charge in [-0.25, -0.2) is 0 Å². The van der Waals surface area contributed by atoms with Gasteiger partial charge in [-0.15, -0.1) is 0 Å². The number of nitrogens with zero attached hydrogens (tertiary/aromatic N) is 2. The predicted octanol–water partition coefficient (Wildman–Crippen LogP) is 1.06. The Morgan fingerprint density at radius 1 is 1.39 bits per heavy atom. The Bertz CT molecular complexity index is 400. The predicted molar refractivity (Wildman–Crippen MR) is 73.8 cm³/mol. The lowest BCUT2D eigenvalue weighted by Gasteiger charge is -2.30. The lowest BCUT2D eigenvalue weighted by Crippen LogP contribution is -2.44. The quantitative estimate of drug-likeness (QED) is 0.868. The monoisotopic (exact) mass is 251 g/mol. The van der Waals surface area contributed by atoms with Crippen molar-refractivity contribution < 1.29 is 4.74 Å². The minimum absolute atomic E-state index is 0.328. The fraction of sp³-hybridized carbons (Fsp3) is 0.714. The van der Waals surface area contributed by atoms with Crippen molar-refractivity contribution in [3.63, 3.8) is 0 Å². The van der Waals surface area contributed by atoms with E-state index in [1.165, 1.54) is 17.0 Å². The number of ether oxygens (including phenoxy) is 1. The standard InChI is InChI=1S/C14H25N3O/c1-11-7-13(12(2)17(11)4)8-15-9-14-10-16(3)5-6-18-14/h7,14-15H,5-6,8-10H2,1-4H3. The van der Waals surface area contributed by atoms with Crippen molar-refractivity contribution in [2.24, 2.45) is 7.05 Å². The summed E-state index contributed by atoms with van der Waals surface area (Å²) in [6, 6.07) is 2.26. The maximum atomic E-state index is 5.74. The van der Waals surface area contributed by atoms with Crippen LogP contribution in [0.15, 0.2) is 6.07 Å². The largest absolute Gasteiger partial charge is 0.374 e. The summed E-state index contributed by atoms with van der Waals surface area (Å²) in [7, 11) is 4.27. The average Bonchev–Trinajstić information content (AvgIpc) is 2.57. The number of hydrogen-bond donors (Lipinski definition) is 1. The molecule has 1 unspecified atom stereocenters. The normalized spacial score (nSPS) is 21.4. The highest BCUT2D eigenvalue weighted by molar-refractivity contribution is 5.26. The first-order valence-electron chi connectivity index (χ1n) is 6.70. The Morgan fingerprint density at radius 2 is 2.17 bits per heavy atom. The third-order valence-electron chi connectivity index (χ3n) is 3.91. The summed E-state index contributed by atoms with van der Waals surface area (Å²) in [5.41, 5.74) is 4.05. The van der Waals surface area contributed by atoms with Crippen LogP contribution < -0.4 is 5.32 Å². The maximum Gasteiger partial charge on any atom is 0.0826 e. The van der Waals surface area contributed by atoms with Crippen LogP contribution in [0.25, 0.3) is 0 Å². The molecule has 102 valence electrons. The summed E-state index contributed by atoms with van der Waals surface area (Å²) in [6.07, 6.45) is 0.328. The number of nitrogens with one attached hydrogen (secondary N) is 1. The Hall–Kier alpha value is -0.840. The molecular formula is C14H25N3O. The van der Waals surface area contributed by atoms with E-state index in [1.54, 1.807) is 0 Å². The van der Waals surface area contributed by atoms with Gasteiger partial charge in [0.2, 0.25) is 0 Å². The molecule has 0 aliphatic carbocycles. The van der Waals surface area contributed by atoms with Crippen LogP contribution in [0.1, 0.15) is 17.0 Å². The zero-order valence-electron chi connectivity index (χ0n) is 12.0. The van der Waals surface area contributed by atoms with Gasteiger partial charge in [0.25, 0.3) is 0 Å². The van der Waals surface area contributed by atoms with E-state index in [0.717, 1.165) is 32.8 Å². The fourth-order valence-corrected chi connectivity index (χ4v) is 2.47. The Kier molecular flexibility index (Phi) is 4.43. The topological polar surface area (TPSA) is 29.4 Å². The summed E-state index contributed by atoms with van der Waals surface area (Å²) in [4.78, 5) is 2.33. The number of aryl methyl sites for hydroxylation is 1. The van der Waals surface area contributed by atoms with Gasteiger partial charge >= 0.3 is 0 Å². The molecular weight excluding hydrogens is 226 g/mol. The van der Waals surface area contributed by atoms with Crippen molar-refractivity contribution in [2.75, 3.05) is 33.3 Å². The van der Waals surface area contributed by atoms with Crippen molar-refractivity contribution in [3.8, 4) is 0 Å². The molecule has 1 aromatic rings. The van der Waals surface area contributed by atoms with E-state index in [2.05, 4.69) is 48.8 Å². The first-order valence-corrected chi connectivity index (χ1v) is 6.70. The lowest BCUT2D eigenvalue weighted by atomic mass is 10.2. The van der Waals surface area contributed by atoms with E-state index in [1.807, 2.05) is 0 Å². The van der Waals surface area contributed by atoms with Crippen molar-refractivity contribution in [2.45, 2.75) is 26.5 Å². The molecule has 0 aromatic carbocycles. The van der Waals surface area contributed by atoms with Gasteiger partial charge in [-0.3, -0.25) is 0 Å². The molecule has 4 heteroatoms. The van der Waals surface area contributed by atoms with Crippen molar-refractivity contribution in [1.29, 1.82) is 0 Å². The third kappa shape index (κ3) is 3.13. The van der Waals surface area contributed by atoms with Crippen LogP contribution in [-0.2, 0) is 18.3 Å². The first-order chi connectivity index (χ1) is 8.58. The second-order valence-electron chi connectivity index (χ2n) is 5.34.